The van der Waals surface area contributed by atoms with Crippen LogP contribution < -0.4 is 4.90 Å². The zero-order valence-electron chi connectivity index (χ0n) is 11.2. The van der Waals surface area contributed by atoms with E-state index in [4.69, 9.17) is 5.11 Å². The first kappa shape index (κ1) is 12.5. The smallest absolute Gasteiger partial charge is 0.305 e. The van der Waals surface area contributed by atoms with Crippen LogP contribution in [0.3, 0.4) is 0 Å². The van der Waals surface area contributed by atoms with E-state index in [0.717, 1.165) is 18.9 Å². The third-order valence-corrected chi connectivity index (χ3v) is 4.54. The molecule has 0 saturated heterocycles. The minimum atomic E-state index is -0.686. The number of para-hydroxylation sites is 1. The van der Waals surface area contributed by atoms with Gasteiger partial charge in [0, 0.05) is 18.3 Å². The van der Waals surface area contributed by atoms with Gasteiger partial charge < -0.3 is 10.0 Å². The Morgan fingerprint density at radius 1 is 1.26 bits per heavy atom. The summed E-state index contributed by atoms with van der Waals surface area (Å²) in [7, 11) is 0. The molecular formula is C16H21NO2. The van der Waals surface area contributed by atoms with Gasteiger partial charge in [0.1, 0.15) is 0 Å². The quantitative estimate of drug-likeness (QED) is 0.903. The van der Waals surface area contributed by atoms with Gasteiger partial charge in [-0.1, -0.05) is 31.0 Å². The van der Waals surface area contributed by atoms with E-state index >= 15 is 0 Å². The Hall–Kier alpha value is -1.51. The number of fused-ring (bicyclic) bond motifs is 1. The van der Waals surface area contributed by atoms with Gasteiger partial charge in [-0.15, -0.1) is 0 Å². The summed E-state index contributed by atoms with van der Waals surface area (Å²) < 4.78 is 0. The lowest BCUT2D eigenvalue weighted by Crippen LogP contribution is -2.37. The second-order valence-corrected chi connectivity index (χ2v) is 5.89. The van der Waals surface area contributed by atoms with Crippen LogP contribution in [0.1, 0.15) is 37.7 Å². The molecule has 3 nitrogen and oxygen atoms in total. The Morgan fingerprint density at radius 2 is 2.00 bits per heavy atom. The van der Waals surface area contributed by atoms with E-state index in [1.165, 1.54) is 36.9 Å². The summed E-state index contributed by atoms with van der Waals surface area (Å²) in [5.74, 6) is 0.0664. The lowest BCUT2D eigenvalue weighted by molar-refractivity contribution is -0.137. The number of carbonyl (C=O) groups is 1. The monoisotopic (exact) mass is 259 g/mol. The lowest BCUT2D eigenvalue weighted by atomic mass is 10.1. The first-order valence-corrected chi connectivity index (χ1v) is 7.30. The molecule has 1 N–H and O–H groups in total. The molecular weight excluding hydrogens is 238 g/mol. The van der Waals surface area contributed by atoms with Gasteiger partial charge in [-0.3, -0.25) is 4.79 Å². The van der Waals surface area contributed by atoms with Crippen LogP contribution in [0.2, 0.25) is 0 Å². The van der Waals surface area contributed by atoms with Crippen molar-refractivity contribution in [1.29, 1.82) is 0 Å². The maximum atomic E-state index is 11.1. The lowest BCUT2D eigenvalue weighted by Gasteiger charge is -2.29. The normalized spacial score (nSPS) is 22.7. The molecule has 0 bridgehead atoms. The topological polar surface area (TPSA) is 40.5 Å². The predicted octanol–water partition coefficient (Wildman–Crippen LogP) is 3.08. The number of anilines is 1. The SMILES string of the molecule is O=C(O)CC1Cc2ccccc2N1CC1CCCC1. The average Bonchev–Trinajstić information content (AvgIpc) is 2.99. The zero-order chi connectivity index (χ0) is 13.2. The molecule has 0 amide bonds. The summed E-state index contributed by atoms with van der Waals surface area (Å²) >= 11 is 0. The average molecular weight is 259 g/mol. The van der Waals surface area contributed by atoms with Crippen molar-refractivity contribution in [2.75, 3.05) is 11.4 Å². The van der Waals surface area contributed by atoms with Crippen molar-refractivity contribution < 1.29 is 9.90 Å². The van der Waals surface area contributed by atoms with Gasteiger partial charge in [-0.25, -0.2) is 0 Å². The highest BCUT2D eigenvalue weighted by molar-refractivity contribution is 5.70. The van der Waals surface area contributed by atoms with Gasteiger partial charge in [0.15, 0.2) is 0 Å². The molecule has 0 spiro atoms. The van der Waals surface area contributed by atoms with Crippen molar-refractivity contribution in [2.45, 2.75) is 44.6 Å². The zero-order valence-corrected chi connectivity index (χ0v) is 11.2. The Bertz CT molecular complexity index is 466. The molecule has 1 atom stereocenters. The number of rotatable bonds is 4. The summed E-state index contributed by atoms with van der Waals surface area (Å²) in [6.07, 6.45) is 6.42. The van der Waals surface area contributed by atoms with E-state index in [1.807, 2.05) is 0 Å². The van der Waals surface area contributed by atoms with E-state index in [9.17, 15) is 4.79 Å². The number of aliphatic carboxylic acids is 1. The Kier molecular flexibility index (Phi) is 3.45. The van der Waals surface area contributed by atoms with E-state index in [-0.39, 0.29) is 12.5 Å². The van der Waals surface area contributed by atoms with Gasteiger partial charge in [0.25, 0.3) is 0 Å². The van der Waals surface area contributed by atoms with Crippen LogP contribution in [0.25, 0.3) is 0 Å². The minimum Gasteiger partial charge on any atom is -0.481 e. The third-order valence-electron chi connectivity index (χ3n) is 4.54. The van der Waals surface area contributed by atoms with Crippen LogP contribution in [0.4, 0.5) is 5.69 Å². The number of hydrogen-bond acceptors (Lipinski definition) is 2. The summed E-state index contributed by atoms with van der Waals surface area (Å²) in [6.45, 7) is 1.04. The van der Waals surface area contributed by atoms with Crippen molar-refractivity contribution in [1.82, 2.24) is 0 Å². The Morgan fingerprint density at radius 3 is 2.74 bits per heavy atom. The second-order valence-electron chi connectivity index (χ2n) is 5.89. The van der Waals surface area contributed by atoms with Gasteiger partial charge in [-0.2, -0.15) is 0 Å². The number of nitrogens with zero attached hydrogens (tertiary/aromatic N) is 1. The van der Waals surface area contributed by atoms with Crippen LogP contribution in [0, 0.1) is 5.92 Å². The van der Waals surface area contributed by atoms with Crippen LogP contribution in [0.15, 0.2) is 24.3 Å². The fourth-order valence-corrected chi connectivity index (χ4v) is 3.63. The summed E-state index contributed by atoms with van der Waals surface area (Å²) in [6, 6.07) is 8.54. The number of benzene rings is 1. The molecule has 1 aliphatic carbocycles. The van der Waals surface area contributed by atoms with Gasteiger partial charge in [0.05, 0.1) is 6.42 Å². The fraction of sp³-hybridized carbons (Fsp3) is 0.562. The largest absolute Gasteiger partial charge is 0.481 e. The molecule has 1 aromatic rings. The van der Waals surface area contributed by atoms with Crippen molar-refractivity contribution in [3.63, 3.8) is 0 Å². The molecule has 1 saturated carbocycles. The van der Waals surface area contributed by atoms with E-state index < -0.39 is 5.97 Å². The maximum Gasteiger partial charge on any atom is 0.305 e. The highest BCUT2D eigenvalue weighted by Gasteiger charge is 2.32. The molecule has 1 aromatic carbocycles. The Balaban J connectivity index is 1.80. The molecule has 102 valence electrons. The van der Waals surface area contributed by atoms with E-state index in [1.54, 1.807) is 0 Å². The summed E-state index contributed by atoms with van der Waals surface area (Å²) in [4.78, 5) is 13.4. The first-order valence-electron chi connectivity index (χ1n) is 7.30. The van der Waals surface area contributed by atoms with Gasteiger partial charge in [-0.05, 0) is 36.8 Å². The van der Waals surface area contributed by atoms with Crippen molar-refractivity contribution in [2.24, 2.45) is 5.92 Å². The number of carboxylic acids is 1. The summed E-state index contributed by atoms with van der Waals surface area (Å²) in [5, 5.41) is 9.10. The second kappa shape index (κ2) is 5.24. The molecule has 1 fully saturated rings. The maximum absolute atomic E-state index is 11.1. The van der Waals surface area contributed by atoms with Crippen molar-refractivity contribution >= 4 is 11.7 Å². The van der Waals surface area contributed by atoms with Gasteiger partial charge in [0.2, 0.25) is 0 Å². The standard InChI is InChI=1S/C16H21NO2/c18-16(19)10-14-9-13-7-3-4-8-15(13)17(14)11-12-5-1-2-6-12/h3-4,7-8,12,14H,1-2,5-6,9-11H2,(H,18,19). The van der Waals surface area contributed by atoms with E-state index in [2.05, 4.69) is 29.2 Å². The van der Waals surface area contributed by atoms with Crippen molar-refractivity contribution in [3.8, 4) is 0 Å². The molecule has 2 aliphatic rings. The number of hydrogen-bond donors (Lipinski definition) is 1. The van der Waals surface area contributed by atoms with E-state index in [0.29, 0.717) is 0 Å². The summed E-state index contributed by atoms with van der Waals surface area (Å²) in [5.41, 5.74) is 2.58. The number of carboxylic acid groups (broad SMARTS) is 1. The minimum absolute atomic E-state index is 0.149. The highest BCUT2D eigenvalue weighted by atomic mass is 16.4. The first-order chi connectivity index (χ1) is 9.24. The molecule has 1 aliphatic heterocycles. The van der Waals surface area contributed by atoms with Crippen LogP contribution in [0.5, 0.6) is 0 Å². The van der Waals surface area contributed by atoms with Crippen LogP contribution >= 0.6 is 0 Å². The van der Waals surface area contributed by atoms with Gasteiger partial charge >= 0.3 is 5.97 Å². The molecule has 0 aromatic heterocycles. The van der Waals surface area contributed by atoms with Crippen LogP contribution in [-0.4, -0.2) is 23.7 Å². The highest BCUT2D eigenvalue weighted by Crippen LogP contribution is 2.36. The Labute approximate surface area is 114 Å². The third kappa shape index (κ3) is 2.60. The predicted molar refractivity (Wildman–Crippen MR) is 75.5 cm³/mol. The molecule has 1 heterocycles. The molecule has 1 unspecified atom stereocenters. The van der Waals surface area contributed by atoms with Crippen molar-refractivity contribution in [3.05, 3.63) is 29.8 Å². The van der Waals surface area contributed by atoms with Crippen LogP contribution in [-0.2, 0) is 11.2 Å². The molecule has 3 heteroatoms. The molecule has 19 heavy (non-hydrogen) atoms. The fourth-order valence-electron chi connectivity index (χ4n) is 3.63. The molecule has 3 rings (SSSR count). The molecule has 0 radical (unpaired) electrons.